The van der Waals surface area contributed by atoms with Gasteiger partial charge < -0.3 is 5.73 Å². The Labute approximate surface area is 122 Å². The standard InChI is InChI=1S/C14H18IN3/c1-4-12(11-7-5-9(2)6-8-11)18-14(16)13(15)10(3)17-18/h5-8,12H,4,16H2,1-3H3. The lowest BCUT2D eigenvalue weighted by molar-refractivity contribution is 0.513. The molecule has 0 fully saturated rings. The Kier molecular flexibility index (Phi) is 3.94. The van der Waals surface area contributed by atoms with Crippen molar-refractivity contribution in [1.29, 1.82) is 0 Å². The minimum Gasteiger partial charge on any atom is -0.383 e. The zero-order valence-corrected chi connectivity index (χ0v) is 13.1. The Balaban J connectivity index is 2.45. The average Bonchev–Trinajstić information content (AvgIpc) is 2.61. The molecule has 0 spiro atoms. The van der Waals surface area contributed by atoms with Crippen LogP contribution in [0.1, 0.15) is 36.2 Å². The molecule has 0 aliphatic carbocycles. The van der Waals surface area contributed by atoms with E-state index < -0.39 is 0 Å². The number of hydrogen-bond donors (Lipinski definition) is 1. The summed E-state index contributed by atoms with van der Waals surface area (Å²) in [6.45, 7) is 6.25. The maximum Gasteiger partial charge on any atom is 0.136 e. The number of benzene rings is 1. The third kappa shape index (κ3) is 2.39. The first-order valence-corrected chi connectivity index (χ1v) is 7.19. The van der Waals surface area contributed by atoms with Gasteiger partial charge in [-0.3, -0.25) is 0 Å². The highest BCUT2D eigenvalue weighted by Crippen LogP contribution is 2.28. The van der Waals surface area contributed by atoms with Crippen LogP contribution in [0.4, 0.5) is 5.82 Å². The van der Waals surface area contributed by atoms with Crippen LogP contribution in [-0.4, -0.2) is 9.78 Å². The zero-order chi connectivity index (χ0) is 13.3. The van der Waals surface area contributed by atoms with Gasteiger partial charge in [-0.05, 0) is 48.4 Å². The lowest BCUT2D eigenvalue weighted by atomic mass is 10.0. The van der Waals surface area contributed by atoms with Gasteiger partial charge in [0.05, 0.1) is 15.3 Å². The summed E-state index contributed by atoms with van der Waals surface area (Å²) < 4.78 is 3.00. The van der Waals surface area contributed by atoms with Crippen molar-refractivity contribution in [3.8, 4) is 0 Å². The van der Waals surface area contributed by atoms with E-state index in [0.717, 1.165) is 21.5 Å². The van der Waals surface area contributed by atoms with Crippen LogP contribution >= 0.6 is 22.6 Å². The second-order valence-corrected chi connectivity index (χ2v) is 5.64. The third-order valence-electron chi connectivity index (χ3n) is 3.19. The van der Waals surface area contributed by atoms with Gasteiger partial charge in [0, 0.05) is 0 Å². The lowest BCUT2D eigenvalue weighted by Gasteiger charge is -2.18. The molecule has 2 rings (SSSR count). The maximum atomic E-state index is 6.14. The van der Waals surface area contributed by atoms with Crippen LogP contribution < -0.4 is 5.73 Å². The molecule has 1 atom stereocenters. The van der Waals surface area contributed by atoms with Gasteiger partial charge in [0.15, 0.2) is 0 Å². The largest absolute Gasteiger partial charge is 0.383 e. The van der Waals surface area contributed by atoms with Crippen LogP contribution in [0.5, 0.6) is 0 Å². The second kappa shape index (κ2) is 5.30. The highest BCUT2D eigenvalue weighted by Gasteiger charge is 2.18. The fourth-order valence-electron chi connectivity index (χ4n) is 2.12. The zero-order valence-electron chi connectivity index (χ0n) is 10.9. The Morgan fingerprint density at radius 3 is 2.33 bits per heavy atom. The number of rotatable bonds is 3. The average molecular weight is 355 g/mol. The number of anilines is 1. The first-order valence-electron chi connectivity index (χ1n) is 6.11. The van der Waals surface area contributed by atoms with Gasteiger partial charge in [-0.1, -0.05) is 36.8 Å². The predicted octanol–water partition coefficient (Wildman–Crippen LogP) is 3.69. The number of halogens is 1. The van der Waals surface area contributed by atoms with Gasteiger partial charge in [-0.15, -0.1) is 0 Å². The minimum atomic E-state index is 0.216. The number of aromatic nitrogens is 2. The highest BCUT2D eigenvalue weighted by molar-refractivity contribution is 14.1. The fraction of sp³-hybridized carbons (Fsp3) is 0.357. The number of hydrogen-bond acceptors (Lipinski definition) is 2. The van der Waals surface area contributed by atoms with E-state index in [-0.39, 0.29) is 6.04 Å². The molecule has 1 aromatic carbocycles. The summed E-state index contributed by atoms with van der Waals surface area (Å²) in [5, 5.41) is 4.56. The van der Waals surface area contributed by atoms with Crippen molar-refractivity contribution in [2.24, 2.45) is 0 Å². The third-order valence-corrected chi connectivity index (χ3v) is 4.52. The van der Waals surface area contributed by atoms with Gasteiger partial charge in [-0.25, -0.2) is 4.68 Å². The van der Waals surface area contributed by atoms with Gasteiger partial charge >= 0.3 is 0 Å². The molecule has 4 heteroatoms. The van der Waals surface area contributed by atoms with Crippen molar-refractivity contribution in [3.05, 3.63) is 44.7 Å². The molecule has 0 aliphatic heterocycles. The quantitative estimate of drug-likeness (QED) is 0.854. The minimum absolute atomic E-state index is 0.216. The molecule has 0 radical (unpaired) electrons. The Morgan fingerprint density at radius 2 is 1.89 bits per heavy atom. The van der Waals surface area contributed by atoms with E-state index in [1.165, 1.54) is 11.1 Å². The smallest absolute Gasteiger partial charge is 0.136 e. The summed E-state index contributed by atoms with van der Waals surface area (Å²) in [6, 6.07) is 8.80. The molecular weight excluding hydrogens is 337 g/mol. The summed E-state index contributed by atoms with van der Waals surface area (Å²) in [4.78, 5) is 0. The van der Waals surface area contributed by atoms with Gasteiger partial charge in [0.2, 0.25) is 0 Å². The SMILES string of the molecule is CCC(c1ccc(C)cc1)n1nc(C)c(I)c1N. The molecule has 96 valence electrons. The predicted molar refractivity (Wildman–Crippen MR) is 83.7 cm³/mol. The van der Waals surface area contributed by atoms with Crippen LogP contribution in [0.3, 0.4) is 0 Å². The number of nitrogen functional groups attached to an aromatic ring is 1. The van der Waals surface area contributed by atoms with E-state index in [2.05, 4.69) is 65.8 Å². The van der Waals surface area contributed by atoms with Crippen molar-refractivity contribution in [3.63, 3.8) is 0 Å². The Morgan fingerprint density at radius 1 is 1.28 bits per heavy atom. The van der Waals surface area contributed by atoms with Gasteiger partial charge in [-0.2, -0.15) is 5.10 Å². The van der Waals surface area contributed by atoms with Crippen LogP contribution in [-0.2, 0) is 0 Å². The molecule has 0 amide bonds. The molecule has 18 heavy (non-hydrogen) atoms. The number of nitrogens with zero attached hydrogens (tertiary/aromatic N) is 2. The molecule has 2 aromatic rings. The van der Waals surface area contributed by atoms with E-state index in [9.17, 15) is 0 Å². The van der Waals surface area contributed by atoms with Crippen molar-refractivity contribution < 1.29 is 0 Å². The van der Waals surface area contributed by atoms with E-state index in [1.807, 2.05) is 11.6 Å². The Bertz CT molecular complexity index is 543. The van der Waals surface area contributed by atoms with Crippen LogP contribution in [0.2, 0.25) is 0 Å². The first-order chi connectivity index (χ1) is 8.54. The molecule has 1 aromatic heterocycles. The number of aryl methyl sites for hydroxylation is 2. The van der Waals surface area contributed by atoms with Crippen LogP contribution in [0, 0.1) is 17.4 Å². The first kappa shape index (κ1) is 13.4. The van der Waals surface area contributed by atoms with Crippen molar-refractivity contribution in [2.45, 2.75) is 33.2 Å². The fourth-order valence-corrected chi connectivity index (χ4v) is 2.48. The Hall–Kier alpha value is -1.04. The van der Waals surface area contributed by atoms with Crippen molar-refractivity contribution >= 4 is 28.4 Å². The molecule has 0 aliphatic rings. The normalized spacial score (nSPS) is 12.7. The highest BCUT2D eigenvalue weighted by atomic mass is 127. The van der Waals surface area contributed by atoms with E-state index in [1.54, 1.807) is 0 Å². The molecular formula is C14H18IN3. The topological polar surface area (TPSA) is 43.8 Å². The molecule has 0 saturated heterocycles. The summed E-state index contributed by atoms with van der Waals surface area (Å²) in [5.41, 5.74) is 9.67. The monoisotopic (exact) mass is 355 g/mol. The van der Waals surface area contributed by atoms with E-state index in [0.29, 0.717) is 0 Å². The van der Waals surface area contributed by atoms with Crippen molar-refractivity contribution in [2.75, 3.05) is 5.73 Å². The summed E-state index contributed by atoms with van der Waals surface area (Å²) in [5.74, 6) is 0.764. The van der Waals surface area contributed by atoms with Gasteiger partial charge in [0.25, 0.3) is 0 Å². The van der Waals surface area contributed by atoms with E-state index >= 15 is 0 Å². The van der Waals surface area contributed by atoms with Crippen molar-refractivity contribution in [1.82, 2.24) is 9.78 Å². The molecule has 1 heterocycles. The summed E-state index contributed by atoms with van der Waals surface area (Å²) in [7, 11) is 0. The lowest BCUT2D eigenvalue weighted by Crippen LogP contribution is -2.14. The summed E-state index contributed by atoms with van der Waals surface area (Å²) in [6.07, 6.45) is 0.977. The summed E-state index contributed by atoms with van der Waals surface area (Å²) >= 11 is 2.26. The molecule has 3 nitrogen and oxygen atoms in total. The molecule has 0 bridgehead atoms. The molecule has 1 unspecified atom stereocenters. The molecule has 0 saturated carbocycles. The maximum absolute atomic E-state index is 6.14. The van der Waals surface area contributed by atoms with Crippen LogP contribution in [0.25, 0.3) is 0 Å². The number of nitrogens with two attached hydrogens (primary N) is 1. The van der Waals surface area contributed by atoms with Crippen LogP contribution in [0.15, 0.2) is 24.3 Å². The van der Waals surface area contributed by atoms with E-state index in [4.69, 9.17) is 5.73 Å². The van der Waals surface area contributed by atoms with Gasteiger partial charge in [0.1, 0.15) is 5.82 Å². The second-order valence-electron chi connectivity index (χ2n) is 4.56. The molecule has 2 N–H and O–H groups in total.